The van der Waals surface area contributed by atoms with Crippen molar-refractivity contribution in [2.45, 2.75) is 32.7 Å². The van der Waals surface area contributed by atoms with Gasteiger partial charge in [-0.05, 0) is 52.9 Å². The maximum Gasteiger partial charge on any atom is 0.0989 e. The Bertz CT molecular complexity index is 318. The van der Waals surface area contributed by atoms with Crippen LogP contribution in [0.1, 0.15) is 26.7 Å². The quantitative estimate of drug-likeness (QED) is 0.760. The molecule has 1 aliphatic rings. The molecule has 0 bridgehead atoms. The molecule has 2 atom stereocenters. The summed E-state index contributed by atoms with van der Waals surface area (Å²) in [6.45, 7) is 15.3. The van der Waals surface area contributed by atoms with E-state index in [9.17, 15) is 0 Å². The molecule has 0 aromatic rings. The van der Waals surface area contributed by atoms with Crippen molar-refractivity contribution in [2.24, 2.45) is 5.92 Å². The standard InChI is InChI=1S/C19H43N5O/c1-18-7-12-24(17-25-5)19(2)15-21-10-13-22(3)11-6-8-20-9-14-23(4)16-18/h18-21H,6-17H2,1-5H3. The van der Waals surface area contributed by atoms with Gasteiger partial charge in [0.15, 0.2) is 0 Å². The Morgan fingerprint density at radius 3 is 2.40 bits per heavy atom. The molecule has 25 heavy (non-hydrogen) atoms. The van der Waals surface area contributed by atoms with Gasteiger partial charge in [-0.15, -0.1) is 0 Å². The number of likely N-dealkylation sites (N-methyl/N-ethyl adjacent to an activating group) is 2. The molecule has 1 heterocycles. The lowest BCUT2D eigenvalue weighted by Gasteiger charge is -2.30. The normalized spacial score (nSPS) is 29.2. The molecule has 1 rings (SSSR count). The third-order valence-corrected chi connectivity index (χ3v) is 5.12. The molecule has 0 aromatic carbocycles. The summed E-state index contributed by atoms with van der Waals surface area (Å²) >= 11 is 0. The first-order valence-electron chi connectivity index (χ1n) is 10.0. The number of nitrogens with zero attached hydrogens (tertiary/aromatic N) is 3. The van der Waals surface area contributed by atoms with Crippen LogP contribution in [0, 0.1) is 5.92 Å². The van der Waals surface area contributed by atoms with Gasteiger partial charge in [0.25, 0.3) is 0 Å². The van der Waals surface area contributed by atoms with Gasteiger partial charge in [-0.1, -0.05) is 6.92 Å². The van der Waals surface area contributed by atoms with E-state index in [4.69, 9.17) is 4.74 Å². The zero-order valence-electron chi connectivity index (χ0n) is 17.4. The molecule has 0 radical (unpaired) electrons. The van der Waals surface area contributed by atoms with Crippen molar-refractivity contribution in [3.05, 3.63) is 0 Å². The molecule has 150 valence electrons. The predicted molar refractivity (Wildman–Crippen MR) is 107 cm³/mol. The van der Waals surface area contributed by atoms with Gasteiger partial charge >= 0.3 is 0 Å². The highest BCUT2D eigenvalue weighted by Crippen LogP contribution is 2.08. The number of hydrogen-bond acceptors (Lipinski definition) is 6. The molecule has 0 saturated carbocycles. The van der Waals surface area contributed by atoms with E-state index in [0.29, 0.717) is 12.0 Å². The molecular formula is C19H43N5O. The molecule has 1 saturated heterocycles. The second-order valence-electron chi connectivity index (χ2n) is 7.85. The molecule has 0 aromatic heterocycles. The Hall–Kier alpha value is -0.240. The fourth-order valence-electron chi connectivity index (χ4n) is 3.37. The van der Waals surface area contributed by atoms with Gasteiger partial charge in [0.05, 0.1) is 6.73 Å². The highest BCUT2D eigenvalue weighted by atomic mass is 16.5. The number of rotatable bonds is 2. The van der Waals surface area contributed by atoms with Crippen LogP contribution in [-0.2, 0) is 4.74 Å². The van der Waals surface area contributed by atoms with Crippen LogP contribution in [0.2, 0.25) is 0 Å². The van der Waals surface area contributed by atoms with Crippen molar-refractivity contribution in [3.8, 4) is 0 Å². The van der Waals surface area contributed by atoms with Gasteiger partial charge in [-0.3, -0.25) is 4.90 Å². The van der Waals surface area contributed by atoms with Crippen molar-refractivity contribution in [1.82, 2.24) is 25.3 Å². The Morgan fingerprint density at radius 2 is 1.64 bits per heavy atom. The van der Waals surface area contributed by atoms with Crippen molar-refractivity contribution in [2.75, 3.05) is 86.8 Å². The first-order chi connectivity index (χ1) is 12.0. The minimum absolute atomic E-state index is 0.498. The maximum absolute atomic E-state index is 5.43. The van der Waals surface area contributed by atoms with E-state index in [1.54, 1.807) is 7.11 Å². The van der Waals surface area contributed by atoms with Crippen LogP contribution < -0.4 is 10.6 Å². The van der Waals surface area contributed by atoms with E-state index in [1.807, 2.05) is 0 Å². The van der Waals surface area contributed by atoms with E-state index >= 15 is 0 Å². The first kappa shape index (κ1) is 22.8. The lowest BCUT2D eigenvalue weighted by atomic mass is 10.1. The van der Waals surface area contributed by atoms with E-state index in [-0.39, 0.29) is 0 Å². The summed E-state index contributed by atoms with van der Waals surface area (Å²) in [5.74, 6) is 0.706. The number of nitrogens with one attached hydrogen (secondary N) is 2. The fraction of sp³-hybridized carbons (Fsp3) is 1.00. The first-order valence-corrected chi connectivity index (χ1v) is 10.0. The minimum atomic E-state index is 0.498. The van der Waals surface area contributed by atoms with Crippen LogP contribution in [0.3, 0.4) is 0 Å². The summed E-state index contributed by atoms with van der Waals surface area (Å²) in [7, 11) is 6.25. The molecule has 6 nitrogen and oxygen atoms in total. The molecule has 0 aliphatic carbocycles. The number of hydrogen-bond donors (Lipinski definition) is 2. The van der Waals surface area contributed by atoms with Gasteiger partial charge in [0.2, 0.25) is 0 Å². The van der Waals surface area contributed by atoms with Crippen molar-refractivity contribution in [3.63, 3.8) is 0 Å². The topological polar surface area (TPSA) is 43.0 Å². The Labute approximate surface area is 156 Å². The average Bonchev–Trinajstić information content (AvgIpc) is 2.57. The summed E-state index contributed by atoms with van der Waals surface area (Å²) in [5.41, 5.74) is 0. The Kier molecular flexibility index (Phi) is 12.7. The average molecular weight is 358 g/mol. The minimum Gasteiger partial charge on any atom is -0.369 e. The van der Waals surface area contributed by atoms with Crippen LogP contribution in [0.5, 0.6) is 0 Å². The molecular weight excluding hydrogens is 314 g/mol. The maximum atomic E-state index is 5.43. The third kappa shape index (κ3) is 11.2. The van der Waals surface area contributed by atoms with Crippen LogP contribution >= 0.6 is 0 Å². The van der Waals surface area contributed by atoms with Crippen LogP contribution in [0.15, 0.2) is 0 Å². The second-order valence-corrected chi connectivity index (χ2v) is 7.85. The van der Waals surface area contributed by atoms with Gasteiger partial charge in [0, 0.05) is 59.0 Å². The van der Waals surface area contributed by atoms with Gasteiger partial charge in [0.1, 0.15) is 0 Å². The number of ether oxygens (including phenoxy) is 1. The lowest BCUT2D eigenvalue weighted by molar-refractivity contribution is 0.0335. The van der Waals surface area contributed by atoms with Crippen LogP contribution in [0.4, 0.5) is 0 Å². The van der Waals surface area contributed by atoms with Crippen molar-refractivity contribution < 1.29 is 4.74 Å². The highest BCUT2D eigenvalue weighted by Gasteiger charge is 2.15. The van der Waals surface area contributed by atoms with Gasteiger partial charge in [-0.2, -0.15) is 0 Å². The molecule has 6 heteroatoms. The largest absolute Gasteiger partial charge is 0.369 e. The van der Waals surface area contributed by atoms with Crippen molar-refractivity contribution >= 4 is 0 Å². The zero-order valence-corrected chi connectivity index (χ0v) is 17.4. The molecule has 0 amide bonds. The molecule has 2 unspecified atom stereocenters. The van der Waals surface area contributed by atoms with Crippen LogP contribution in [-0.4, -0.2) is 108 Å². The van der Waals surface area contributed by atoms with E-state index < -0.39 is 0 Å². The Balaban J connectivity index is 2.52. The SMILES string of the molecule is COCN1CCC(C)CN(C)CCNCCCN(C)CCNCC1C. The van der Waals surface area contributed by atoms with E-state index in [1.165, 1.54) is 12.8 Å². The summed E-state index contributed by atoms with van der Waals surface area (Å²) in [5, 5.41) is 7.19. The third-order valence-electron chi connectivity index (χ3n) is 5.12. The molecule has 1 fully saturated rings. The van der Waals surface area contributed by atoms with Gasteiger partial charge < -0.3 is 25.2 Å². The highest BCUT2D eigenvalue weighted by molar-refractivity contribution is 4.71. The molecule has 0 spiro atoms. The number of methoxy groups -OCH3 is 1. The lowest BCUT2D eigenvalue weighted by Crippen LogP contribution is -2.44. The zero-order chi connectivity index (χ0) is 18.5. The smallest absolute Gasteiger partial charge is 0.0989 e. The molecule has 2 N–H and O–H groups in total. The molecule has 1 aliphatic heterocycles. The second kappa shape index (κ2) is 13.9. The monoisotopic (exact) mass is 357 g/mol. The Morgan fingerprint density at radius 1 is 0.920 bits per heavy atom. The summed E-state index contributed by atoms with van der Waals surface area (Å²) in [6.07, 6.45) is 2.43. The fourth-order valence-corrected chi connectivity index (χ4v) is 3.37. The van der Waals surface area contributed by atoms with Crippen molar-refractivity contribution in [1.29, 1.82) is 0 Å². The van der Waals surface area contributed by atoms with E-state index in [0.717, 1.165) is 65.6 Å². The predicted octanol–water partition coefficient (Wildman–Crippen LogP) is 0.754. The summed E-state index contributed by atoms with van der Waals surface area (Å²) < 4.78 is 5.43. The summed E-state index contributed by atoms with van der Waals surface area (Å²) in [6, 6.07) is 0.498. The van der Waals surface area contributed by atoms with Crippen LogP contribution in [0.25, 0.3) is 0 Å². The van der Waals surface area contributed by atoms with E-state index in [2.05, 4.69) is 53.3 Å². The van der Waals surface area contributed by atoms with Gasteiger partial charge in [-0.25, -0.2) is 0 Å². The summed E-state index contributed by atoms with van der Waals surface area (Å²) in [4.78, 5) is 7.33.